The van der Waals surface area contributed by atoms with Crippen LogP contribution in [0.3, 0.4) is 0 Å². The number of hydrogen-bond acceptors (Lipinski definition) is 3. The van der Waals surface area contributed by atoms with Crippen LogP contribution in [0.4, 0.5) is 5.69 Å². The molecule has 1 aromatic carbocycles. The van der Waals surface area contributed by atoms with Gasteiger partial charge >= 0.3 is 0 Å². The highest BCUT2D eigenvalue weighted by Gasteiger charge is 2.13. The Kier molecular flexibility index (Phi) is 6.05. The summed E-state index contributed by atoms with van der Waals surface area (Å²) in [7, 11) is 0. The van der Waals surface area contributed by atoms with Crippen molar-refractivity contribution in [3.05, 3.63) is 30.3 Å². The molecule has 0 saturated carbocycles. The van der Waals surface area contributed by atoms with Crippen molar-refractivity contribution in [1.29, 1.82) is 0 Å². The van der Waals surface area contributed by atoms with Gasteiger partial charge in [-0.05, 0) is 25.5 Å². The van der Waals surface area contributed by atoms with E-state index in [0.717, 1.165) is 19.4 Å². The Morgan fingerprint density at radius 3 is 2.61 bits per heavy atom. The smallest absolute Gasteiger partial charge is 0.140 e. The van der Waals surface area contributed by atoms with Gasteiger partial charge in [0.2, 0.25) is 0 Å². The average molecular weight is 249 g/mol. The van der Waals surface area contributed by atoms with E-state index < -0.39 is 0 Å². The van der Waals surface area contributed by atoms with E-state index in [2.05, 4.69) is 36.0 Å². The molecule has 1 aromatic rings. The molecule has 0 fully saturated rings. The lowest BCUT2D eigenvalue weighted by Gasteiger charge is -2.31. The number of anilines is 1. The Morgan fingerprint density at radius 1 is 1.39 bits per heavy atom. The second-order valence-corrected chi connectivity index (χ2v) is 4.51. The van der Waals surface area contributed by atoms with Crippen LogP contribution < -0.4 is 10.6 Å². The molecule has 0 saturated heterocycles. The van der Waals surface area contributed by atoms with Crippen LogP contribution in [0.25, 0.3) is 0 Å². The zero-order valence-electron chi connectivity index (χ0n) is 11.2. The highest BCUT2D eigenvalue weighted by Crippen LogP contribution is 2.19. The molecule has 0 bridgehead atoms. The third kappa shape index (κ3) is 4.28. The summed E-state index contributed by atoms with van der Waals surface area (Å²) in [6, 6.07) is 10.7. The van der Waals surface area contributed by atoms with Crippen molar-refractivity contribution in [2.45, 2.75) is 39.2 Å². The van der Waals surface area contributed by atoms with Crippen LogP contribution >= 0.6 is 0 Å². The first-order chi connectivity index (χ1) is 8.69. The van der Waals surface area contributed by atoms with Crippen molar-refractivity contribution in [3.8, 4) is 0 Å². The van der Waals surface area contributed by atoms with E-state index in [4.69, 9.17) is 10.9 Å². The van der Waals surface area contributed by atoms with Gasteiger partial charge in [0.05, 0.1) is 0 Å². The van der Waals surface area contributed by atoms with Crippen LogP contribution in [0.1, 0.15) is 33.1 Å². The van der Waals surface area contributed by atoms with Crippen LogP contribution in [-0.2, 0) is 0 Å². The van der Waals surface area contributed by atoms with E-state index in [-0.39, 0.29) is 5.84 Å². The molecule has 1 atom stereocenters. The minimum absolute atomic E-state index is 0.277. The highest BCUT2D eigenvalue weighted by atomic mass is 16.4. The maximum atomic E-state index is 8.60. The second-order valence-electron chi connectivity index (χ2n) is 4.51. The average Bonchev–Trinajstić information content (AvgIpc) is 2.40. The molecule has 0 aliphatic rings. The van der Waals surface area contributed by atoms with Gasteiger partial charge in [0.15, 0.2) is 0 Å². The summed E-state index contributed by atoms with van der Waals surface area (Å²) in [5, 5.41) is 11.6. The second kappa shape index (κ2) is 7.58. The minimum atomic E-state index is 0.277. The van der Waals surface area contributed by atoms with Gasteiger partial charge < -0.3 is 15.8 Å². The molecular formula is C14H23N3O. The summed E-state index contributed by atoms with van der Waals surface area (Å²) in [5.74, 6) is 0.277. The summed E-state index contributed by atoms with van der Waals surface area (Å²) >= 11 is 0. The lowest BCUT2D eigenvalue weighted by Crippen LogP contribution is -2.35. The summed E-state index contributed by atoms with van der Waals surface area (Å²) in [6.07, 6.45) is 2.85. The third-order valence-corrected chi connectivity index (χ3v) is 3.06. The topological polar surface area (TPSA) is 61.8 Å². The molecule has 0 radical (unpaired) electrons. The van der Waals surface area contributed by atoms with Crippen LogP contribution in [0.15, 0.2) is 35.5 Å². The first kappa shape index (κ1) is 14.4. The maximum absolute atomic E-state index is 8.60. The van der Waals surface area contributed by atoms with Crippen molar-refractivity contribution in [1.82, 2.24) is 0 Å². The van der Waals surface area contributed by atoms with Crippen LogP contribution in [0, 0.1) is 0 Å². The molecular weight excluding hydrogens is 226 g/mol. The molecule has 18 heavy (non-hydrogen) atoms. The molecule has 3 N–H and O–H groups in total. The van der Waals surface area contributed by atoms with Crippen molar-refractivity contribution < 1.29 is 5.21 Å². The fourth-order valence-corrected chi connectivity index (χ4v) is 2.08. The van der Waals surface area contributed by atoms with E-state index in [1.54, 1.807) is 0 Å². The molecule has 4 heteroatoms. The minimum Gasteiger partial charge on any atom is -0.409 e. The number of nitrogens with zero attached hydrogens (tertiary/aromatic N) is 2. The maximum Gasteiger partial charge on any atom is 0.140 e. The fraction of sp³-hybridized carbons (Fsp3) is 0.500. The quantitative estimate of drug-likeness (QED) is 0.338. The van der Waals surface area contributed by atoms with Crippen LogP contribution in [0.2, 0.25) is 0 Å². The molecule has 1 rings (SSSR count). The Labute approximate surface area is 109 Å². The predicted octanol–water partition coefficient (Wildman–Crippen LogP) is 2.82. The highest BCUT2D eigenvalue weighted by molar-refractivity contribution is 5.80. The molecule has 0 aromatic heterocycles. The molecule has 0 spiro atoms. The molecule has 0 aliphatic heterocycles. The SMILES string of the molecule is CCCC(C)N(CC/C(N)=N/O)c1ccccc1. The third-order valence-electron chi connectivity index (χ3n) is 3.06. The Bertz CT molecular complexity index is 365. The molecule has 0 aliphatic carbocycles. The standard InChI is InChI=1S/C14H23N3O/c1-3-7-12(2)17(11-10-14(15)16-18)13-8-5-4-6-9-13/h4-6,8-9,12,18H,3,7,10-11H2,1-2H3,(H2,15,16). The zero-order chi connectivity index (χ0) is 13.4. The fourth-order valence-electron chi connectivity index (χ4n) is 2.08. The first-order valence-corrected chi connectivity index (χ1v) is 6.47. The summed E-state index contributed by atoms with van der Waals surface area (Å²) in [4.78, 5) is 2.31. The van der Waals surface area contributed by atoms with Crippen LogP contribution in [0.5, 0.6) is 0 Å². The molecule has 0 heterocycles. The van der Waals surface area contributed by atoms with Gasteiger partial charge in [-0.15, -0.1) is 0 Å². The number of benzene rings is 1. The number of nitrogens with two attached hydrogens (primary N) is 1. The van der Waals surface area contributed by atoms with E-state index in [0.29, 0.717) is 12.5 Å². The Morgan fingerprint density at radius 2 is 2.06 bits per heavy atom. The van der Waals surface area contributed by atoms with Gasteiger partial charge in [0, 0.05) is 24.7 Å². The summed E-state index contributed by atoms with van der Waals surface area (Å²) < 4.78 is 0. The van der Waals surface area contributed by atoms with Gasteiger partial charge in [-0.2, -0.15) is 0 Å². The Hall–Kier alpha value is -1.71. The van der Waals surface area contributed by atoms with E-state index in [9.17, 15) is 0 Å². The monoisotopic (exact) mass is 249 g/mol. The number of rotatable bonds is 7. The molecule has 1 unspecified atom stereocenters. The summed E-state index contributed by atoms with van der Waals surface area (Å²) in [5.41, 5.74) is 6.73. The Balaban J connectivity index is 2.75. The van der Waals surface area contributed by atoms with Gasteiger partial charge in [-0.3, -0.25) is 0 Å². The normalized spacial score (nSPS) is 13.3. The van der Waals surface area contributed by atoms with E-state index >= 15 is 0 Å². The molecule has 100 valence electrons. The molecule has 0 amide bonds. The number of amidine groups is 1. The zero-order valence-corrected chi connectivity index (χ0v) is 11.2. The lowest BCUT2D eigenvalue weighted by atomic mass is 10.1. The van der Waals surface area contributed by atoms with E-state index in [1.165, 1.54) is 5.69 Å². The van der Waals surface area contributed by atoms with Crippen molar-refractivity contribution in [3.63, 3.8) is 0 Å². The largest absolute Gasteiger partial charge is 0.409 e. The number of hydrogen-bond donors (Lipinski definition) is 2. The predicted molar refractivity (Wildman–Crippen MR) is 76.2 cm³/mol. The van der Waals surface area contributed by atoms with Gasteiger partial charge in [0.1, 0.15) is 5.84 Å². The van der Waals surface area contributed by atoms with Crippen molar-refractivity contribution in [2.24, 2.45) is 10.9 Å². The summed E-state index contributed by atoms with van der Waals surface area (Å²) in [6.45, 7) is 5.16. The van der Waals surface area contributed by atoms with Crippen LogP contribution in [-0.4, -0.2) is 23.6 Å². The number of oxime groups is 1. The van der Waals surface area contributed by atoms with Gasteiger partial charge in [-0.1, -0.05) is 36.7 Å². The molecule has 4 nitrogen and oxygen atoms in total. The van der Waals surface area contributed by atoms with Gasteiger partial charge in [0.25, 0.3) is 0 Å². The van der Waals surface area contributed by atoms with Gasteiger partial charge in [-0.25, -0.2) is 0 Å². The number of para-hydroxylation sites is 1. The van der Waals surface area contributed by atoms with Crippen molar-refractivity contribution in [2.75, 3.05) is 11.4 Å². The lowest BCUT2D eigenvalue weighted by molar-refractivity contribution is 0.317. The first-order valence-electron chi connectivity index (χ1n) is 6.47. The van der Waals surface area contributed by atoms with Crippen molar-refractivity contribution >= 4 is 11.5 Å². The van der Waals surface area contributed by atoms with E-state index in [1.807, 2.05) is 18.2 Å².